The van der Waals surface area contributed by atoms with Crippen LogP contribution < -0.4 is 9.47 Å². The van der Waals surface area contributed by atoms with Crippen molar-refractivity contribution in [3.63, 3.8) is 0 Å². The van der Waals surface area contributed by atoms with Crippen LogP contribution in [0.2, 0.25) is 0 Å². The molecule has 30 heavy (non-hydrogen) atoms. The summed E-state index contributed by atoms with van der Waals surface area (Å²) in [6, 6.07) is 18.5. The zero-order chi connectivity index (χ0) is 20.3. The molecule has 1 aliphatic heterocycles. The zero-order valence-electron chi connectivity index (χ0n) is 15.9. The Bertz CT molecular complexity index is 1170. The highest BCUT2D eigenvalue weighted by molar-refractivity contribution is 7.99. The summed E-state index contributed by atoms with van der Waals surface area (Å²) >= 11 is 1.33. The maximum Gasteiger partial charge on any atom is 0.205 e. The van der Waals surface area contributed by atoms with Crippen molar-refractivity contribution < 1.29 is 18.7 Å². The predicted molar refractivity (Wildman–Crippen MR) is 112 cm³/mol. The highest BCUT2D eigenvalue weighted by Crippen LogP contribution is 2.35. The Hall–Kier alpha value is -3.52. The maximum atomic E-state index is 12.6. The summed E-state index contributed by atoms with van der Waals surface area (Å²) < 4.78 is 18.8. The van der Waals surface area contributed by atoms with Gasteiger partial charge in [-0.05, 0) is 24.3 Å². The second-order valence-electron chi connectivity index (χ2n) is 6.52. The molecule has 0 saturated carbocycles. The second-order valence-corrected chi connectivity index (χ2v) is 7.47. The SMILES string of the molecule is O=C(CSc1nnc(-c2ccco2)n1-c1ccc2c(c1)OCCO2)c1ccccc1. The van der Waals surface area contributed by atoms with E-state index in [-0.39, 0.29) is 11.5 Å². The van der Waals surface area contributed by atoms with Crippen molar-refractivity contribution in [1.29, 1.82) is 0 Å². The molecule has 0 N–H and O–H groups in total. The minimum atomic E-state index is 0.0249. The van der Waals surface area contributed by atoms with Crippen LogP contribution in [0.4, 0.5) is 0 Å². The van der Waals surface area contributed by atoms with E-state index >= 15 is 0 Å². The number of carbonyl (C=O) groups is 1. The number of aromatic nitrogens is 3. The van der Waals surface area contributed by atoms with Gasteiger partial charge in [-0.25, -0.2) is 0 Å². The van der Waals surface area contributed by atoms with Crippen LogP contribution in [0.3, 0.4) is 0 Å². The maximum absolute atomic E-state index is 12.6. The highest BCUT2D eigenvalue weighted by atomic mass is 32.2. The fourth-order valence-corrected chi connectivity index (χ4v) is 4.02. The van der Waals surface area contributed by atoms with Gasteiger partial charge in [-0.1, -0.05) is 42.1 Å². The number of thioether (sulfide) groups is 1. The topological polar surface area (TPSA) is 79.4 Å². The van der Waals surface area contributed by atoms with Gasteiger partial charge in [0.15, 0.2) is 28.2 Å². The van der Waals surface area contributed by atoms with Gasteiger partial charge in [0.05, 0.1) is 17.7 Å². The Balaban J connectivity index is 1.50. The van der Waals surface area contributed by atoms with Crippen LogP contribution in [0, 0.1) is 0 Å². The molecule has 0 aliphatic carbocycles. The molecule has 150 valence electrons. The van der Waals surface area contributed by atoms with Crippen LogP contribution >= 0.6 is 11.8 Å². The molecule has 0 fully saturated rings. The molecule has 0 saturated heterocycles. The summed E-state index contributed by atoms with van der Waals surface area (Å²) in [7, 11) is 0. The number of fused-ring (bicyclic) bond motifs is 1. The third kappa shape index (κ3) is 3.57. The van der Waals surface area contributed by atoms with Crippen LogP contribution in [0.1, 0.15) is 10.4 Å². The quantitative estimate of drug-likeness (QED) is 0.341. The number of ether oxygens (including phenoxy) is 2. The Labute approximate surface area is 176 Å². The standard InChI is InChI=1S/C22H17N3O4S/c26-17(15-5-2-1-3-6-15)14-30-22-24-23-21(19-7-4-10-27-19)25(22)16-8-9-18-20(13-16)29-12-11-28-18/h1-10,13H,11-12,14H2. The normalized spacial score (nSPS) is 12.7. The van der Waals surface area contributed by atoms with Gasteiger partial charge in [-0.2, -0.15) is 0 Å². The first-order valence-electron chi connectivity index (χ1n) is 9.40. The molecule has 0 atom stereocenters. The number of ketones is 1. The van der Waals surface area contributed by atoms with Gasteiger partial charge in [0.1, 0.15) is 13.2 Å². The smallest absolute Gasteiger partial charge is 0.205 e. The van der Waals surface area contributed by atoms with Gasteiger partial charge in [-0.3, -0.25) is 9.36 Å². The fourth-order valence-electron chi connectivity index (χ4n) is 3.17. The number of furan rings is 1. The number of hydrogen-bond acceptors (Lipinski definition) is 7. The molecule has 4 aromatic rings. The molecule has 2 aromatic heterocycles. The highest BCUT2D eigenvalue weighted by Gasteiger charge is 2.21. The second kappa shape index (κ2) is 8.08. The van der Waals surface area contributed by atoms with Gasteiger partial charge in [0, 0.05) is 11.6 Å². The molecule has 0 bridgehead atoms. The third-order valence-corrected chi connectivity index (χ3v) is 5.52. The first kappa shape index (κ1) is 18.5. The van der Waals surface area contributed by atoms with Crippen LogP contribution in [-0.2, 0) is 0 Å². The minimum Gasteiger partial charge on any atom is -0.486 e. The summed E-state index contributed by atoms with van der Waals surface area (Å²) in [5.74, 6) is 2.76. The molecule has 0 spiro atoms. The van der Waals surface area contributed by atoms with Crippen molar-refractivity contribution in [2.45, 2.75) is 5.16 Å². The third-order valence-electron chi connectivity index (χ3n) is 4.59. The van der Waals surface area contributed by atoms with Gasteiger partial charge in [0.25, 0.3) is 0 Å². The van der Waals surface area contributed by atoms with Crippen molar-refractivity contribution in [2.75, 3.05) is 19.0 Å². The van der Waals surface area contributed by atoms with E-state index < -0.39 is 0 Å². The summed E-state index contributed by atoms with van der Waals surface area (Å²) in [5, 5.41) is 9.22. The first-order valence-corrected chi connectivity index (χ1v) is 10.4. The van der Waals surface area contributed by atoms with E-state index in [1.165, 1.54) is 11.8 Å². The summed E-state index contributed by atoms with van der Waals surface area (Å²) in [4.78, 5) is 12.6. The first-order chi connectivity index (χ1) is 14.8. The Morgan fingerprint density at radius 1 is 0.967 bits per heavy atom. The van der Waals surface area contributed by atoms with Gasteiger partial charge < -0.3 is 13.9 Å². The van der Waals surface area contributed by atoms with E-state index in [0.29, 0.717) is 47.0 Å². The molecule has 0 unspecified atom stereocenters. The minimum absolute atomic E-state index is 0.0249. The molecule has 1 aliphatic rings. The number of hydrogen-bond donors (Lipinski definition) is 0. The molecular weight excluding hydrogens is 402 g/mol. The van der Waals surface area contributed by atoms with Crippen molar-refractivity contribution in [3.8, 4) is 28.8 Å². The Morgan fingerprint density at radius 3 is 2.60 bits per heavy atom. The molecular formula is C22H17N3O4S. The average molecular weight is 419 g/mol. The summed E-state index contributed by atoms with van der Waals surface area (Å²) in [6.07, 6.45) is 1.59. The van der Waals surface area contributed by atoms with E-state index in [9.17, 15) is 4.79 Å². The van der Waals surface area contributed by atoms with Crippen molar-refractivity contribution in [2.24, 2.45) is 0 Å². The molecule has 0 radical (unpaired) electrons. The van der Waals surface area contributed by atoms with Crippen LogP contribution in [0.15, 0.2) is 76.5 Å². The fraction of sp³-hybridized carbons (Fsp3) is 0.136. The lowest BCUT2D eigenvalue weighted by molar-refractivity contribution is 0.102. The Morgan fingerprint density at radius 2 is 1.80 bits per heavy atom. The van der Waals surface area contributed by atoms with Crippen LogP contribution in [0.25, 0.3) is 17.3 Å². The van der Waals surface area contributed by atoms with Gasteiger partial charge >= 0.3 is 0 Å². The van der Waals surface area contributed by atoms with E-state index in [2.05, 4.69) is 10.2 Å². The van der Waals surface area contributed by atoms with Crippen LogP contribution in [0.5, 0.6) is 11.5 Å². The van der Waals surface area contributed by atoms with Gasteiger partial charge in [-0.15, -0.1) is 10.2 Å². The summed E-state index contributed by atoms with van der Waals surface area (Å²) in [5.41, 5.74) is 1.46. The largest absolute Gasteiger partial charge is 0.486 e. The monoisotopic (exact) mass is 419 g/mol. The predicted octanol–water partition coefficient (Wildman–Crippen LogP) is 4.27. The molecule has 7 nitrogen and oxygen atoms in total. The molecule has 5 rings (SSSR count). The van der Waals surface area contributed by atoms with E-state index in [1.807, 2.05) is 59.2 Å². The Kier molecular flexibility index (Phi) is 4.98. The average Bonchev–Trinajstić information content (AvgIpc) is 3.47. The number of Topliss-reactive ketones (excluding diaryl/α,β-unsaturated/α-hetero) is 1. The van der Waals surface area contributed by atoms with Crippen LogP contribution in [-0.4, -0.2) is 39.5 Å². The van der Waals surface area contributed by atoms with Crippen molar-refractivity contribution in [3.05, 3.63) is 72.5 Å². The lowest BCUT2D eigenvalue weighted by atomic mass is 10.2. The molecule has 0 amide bonds. The van der Waals surface area contributed by atoms with E-state index in [1.54, 1.807) is 12.3 Å². The lowest BCUT2D eigenvalue weighted by Gasteiger charge is -2.19. The number of benzene rings is 2. The number of rotatable bonds is 6. The lowest BCUT2D eigenvalue weighted by Crippen LogP contribution is -2.15. The molecule has 2 aromatic carbocycles. The zero-order valence-corrected chi connectivity index (χ0v) is 16.7. The molecule has 8 heteroatoms. The molecule has 3 heterocycles. The van der Waals surface area contributed by atoms with Gasteiger partial charge in [0.2, 0.25) is 5.82 Å². The number of carbonyl (C=O) groups excluding carboxylic acids is 1. The van der Waals surface area contributed by atoms with Crippen molar-refractivity contribution in [1.82, 2.24) is 14.8 Å². The van der Waals surface area contributed by atoms with E-state index in [0.717, 1.165) is 5.69 Å². The van der Waals surface area contributed by atoms with E-state index in [4.69, 9.17) is 13.9 Å². The summed E-state index contributed by atoms with van der Waals surface area (Å²) in [6.45, 7) is 1.02. The van der Waals surface area contributed by atoms with Crippen molar-refractivity contribution >= 4 is 17.5 Å². The number of nitrogens with zero attached hydrogens (tertiary/aromatic N) is 3.